The standard InChI is InChI=1S/C29H57NO4S2.C6H12.C2H6/c1-4-5-6-7-8-9-10-11-12-13-14-15-16-17-22-35-36-23-19-29(31)30-20-18-21-33-27-24-32-25-28(27)34-26(2)3;1-2-6-4-3-5-6;1-2/h26-28H,4-25H2,1-3H3,(H,30,31);6H,2-5H2,1H3;1-2H3. The van der Waals surface area contributed by atoms with Gasteiger partial charge in [0.05, 0.1) is 19.3 Å². The number of hydrogen-bond acceptors (Lipinski definition) is 6. The SMILES string of the molecule is CC.CCC1CCC1.CCCCCCCCCCCCCCCCSSCCC(=O)NCCCOC1COCC1OC(C)C. The predicted molar refractivity (Wildman–Crippen MR) is 197 cm³/mol. The van der Waals surface area contributed by atoms with Crippen molar-refractivity contribution in [3.63, 3.8) is 0 Å². The van der Waals surface area contributed by atoms with Crippen molar-refractivity contribution in [2.75, 3.05) is 37.9 Å². The van der Waals surface area contributed by atoms with E-state index in [4.69, 9.17) is 14.2 Å². The van der Waals surface area contributed by atoms with Gasteiger partial charge in [0, 0.05) is 31.1 Å². The van der Waals surface area contributed by atoms with E-state index in [0.717, 1.165) is 18.1 Å². The number of nitrogens with one attached hydrogen (secondary N) is 1. The van der Waals surface area contributed by atoms with E-state index in [0.29, 0.717) is 32.8 Å². The Hall–Kier alpha value is 0.0500. The van der Waals surface area contributed by atoms with Crippen LogP contribution >= 0.6 is 21.6 Å². The minimum absolute atomic E-state index is 0.0104. The van der Waals surface area contributed by atoms with E-state index in [2.05, 4.69) is 19.2 Å². The van der Waals surface area contributed by atoms with Crippen molar-refractivity contribution in [1.82, 2.24) is 5.32 Å². The first kappa shape index (κ1) is 44.0. The summed E-state index contributed by atoms with van der Waals surface area (Å²) < 4.78 is 17.2. The molecule has 0 radical (unpaired) electrons. The number of unbranched alkanes of at least 4 members (excludes halogenated alkanes) is 13. The molecule has 1 heterocycles. The molecule has 2 rings (SSSR count). The van der Waals surface area contributed by atoms with Gasteiger partial charge in [0.2, 0.25) is 5.91 Å². The second-order valence-electron chi connectivity index (χ2n) is 12.6. The Labute approximate surface area is 283 Å². The molecule has 0 aromatic carbocycles. The minimum atomic E-state index is 0.0104. The van der Waals surface area contributed by atoms with Gasteiger partial charge in [-0.05, 0) is 32.6 Å². The summed E-state index contributed by atoms with van der Waals surface area (Å²) in [7, 11) is 3.76. The van der Waals surface area contributed by atoms with Crippen LogP contribution in [0.5, 0.6) is 0 Å². The van der Waals surface area contributed by atoms with Crippen LogP contribution in [0.3, 0.4) is 0 Å². The molecule has 2 unspecified atom stereocenters. The lowest BCUT2D eigenvalue weighted by molar-refractivity contribution is -0.120. The molecule has 1 amide bonds. The zero-order valence-corrected chi connectivity index (χ0v) is 31.8. The van der Waals surface area contributed by atoms with Crippen molar-refractivity contribution in [2.45, 2.75) is 188 Å². The topological polar surface area (TPSA) is 56.8 Å². The van der Waals surface area contributed by atoms with Gasteiger partial charge in [-0.25, -0.2) is 0 Å². The number of carbonyl (C=O) groups excluding carboxylic acids is 1. The van der Waals surface area contributed by atoms with Gasteiger partial charge in [-0.2, -0.15) is 0 Å². The summed E-state index contributed by atoms with van der Waals surface area (Å²) in [6, 6.07) is 0. The molecule has 2 aliphatic rings. The molecule has 1 saturated heterocycles. The largest absolute Gasteiger partial charge is 0.376 e. The fourth-order valence-electron chi connectivity index (χ4n) is 5.28. The van der Waals surface area contributed by atoms with E-state index >= 15 is 0 Å². The van der Waals surface area contributed by atoms with Crippen molar-refractivity contribution in [2.24, 2.45) is 5.92 Å². The second kappa shape index (κ2) is 34.4. The molecule has 2 atom stereocenters. The van der Waals surface area contributed by atoms with Gasteiger partial charge in [-0.15, -0.1) is 0 Å². The zero-order chi connectivity index (χ0) is 32.5. The summed E-state index contributed by atoms with van der Waals surface area (Å²) in [6.45, 7) is 15.1. The van der Waals surface area contributed by atoms with E-state index in [1.165, 1.54) is 121 Å². The average Bonchev–Trinajstić information content (AvgIpc) is 3.43. The Kier molecular flexibility index (Phi) is 34.4. The van der Waals surface area contributed by atoms with Gasteiger partial charge in [-0.1, -0.05) is 158 Å². The lowest BCUT2D eigenvalue weighted by Crippen LogP contribution is -2.33. The molecular formula is C37H75NO4S2. The van der Waals surface area contributed by atoms with Crippen LogP contribution in [-0.4, -0.2) is 62.1 Å². The summed E-state index contributed by atoms with van der Waals surface area (Å²) >= 11 is 0. The van der Waals surface area contributed by atoms with Crippen molar-refractivity contribution < 1.29 is 19.0 Å². The number of amides is 1. The zero-order valence-electron chi connectivity index (χ0n) is 30.1. The van der Waals surface area contributed by atoms with Gasteiger partial charge in [0.25, 0.3) is 0 Å². The van der Waals surface area contributed by atoms with Crippen LogP contribution in [-0.2, 0) is 19.0 Å². The van der Waals surface area contributed by atoms with Crippen LogP contribution in [0.4, 0.5) is 0 Å². The third-order valence-electron chi connectivity index (χ3n) is 8.28. The first-order valence-electron chi connectivity index (χ1n) is 18.9. The molecule has 1 aliphatic carbocycles. The van der Waals surface area contributed by atoms with Crippen molar-refractivity contribution in [3.05, 3.63) is 0 Å². The highest BCUT2D eigenvalue weighted by atomic mass is 33.1. The lowest BCUT2D eigenvalue weighted by Gasteiger charge is -2.22. The van der Waals surface area contributed by atoms with Crippen LogP contribution in [0, 0.1) is 5.92 Å². The van der Waals surface area contributed by atoms with E-state index < -0.39 is 0 Å². The normalized spacial score (nSPS) is 17.9. The quantitative estimate of drug-likeness (QED) is 0.0698. The molecule has 1 saturated carbocycles. The molecule has 7 heteroatoms. The predicted octanol–water partition coefficient (Wildman–Crippen LogP) is 11.2. The van der Waals surface area contributed by atoms with Crippen LogP contribution in [0.25, 0.3) is 0 Å². The Morgan fingerprint density at radius 1 is 0.773 bits per heavy atom. The van der Waals surface area contributed by atoms with E-state index in [1.54, 1.807) is 0 Å². The maximum absolute atomic E-state index is 12.0. The lowest BCUT2D eigenvalue weighted by atomic mass is 9.84. The fraction of sp³-hybridized carbons (Fsp3) is 0.973. The number of hydrogen-bond donors (Lipinski definition) is 1. The van der Waals surface area contributed by atoms with Crippen LogP contribution in [0.1, 0.15) is 170 Å². The minimum Gasteiger partial charge on any atom is -0.376 e. The molecule has 2 fully saturated rings. The van der Waals surface area contributed by atoms with Gasteiger partial charge >= 0.3 is 0 Å². The summed E-state index contributed by atoms with van der Waals surface area (Å²) in [4.78, 5) is 12.0. The molecule has 0 spiro atoms. The molecule has 0 aromatic heterocycles. The third kappa shape index (κ3) is 28.3. The van der Waals surface area contributed by atoms with Crippen molar-refractivity contribution in [1.29, 1.82) is 0 Å². The monoisotopic (exact) mass is 662 g/mol. The summed E-state index contributed by atoms with van der Waals surface area (Å²) in [6.07, 6.45) is 27.3. The fourth-order valence-corrected chi connectivity index (χ4v) is 7.42. The number of rotatable bonds is 27. The Bertz CT molecular complexity index is 589. The van der Waals surface area contributed by atoms with Gasteiger partial charge in [0.1, 0.15) is 12.2 Å². The van der Waals surface area contributed by atoms with Gasteiger partial charge in [0.15, 0.2) is 0 Å². The van der Waals surface area contributed by atoms with E-state index in [-0.39, 0.29) is 24.2 Å². The molecule has 1 N–H and O–H groups in total. The Morgan fingerprint density at radius 2 is 1.32 bits per heavy atom. The average molecular weight is 662 g/mol. The summed E-state index contributed by atoms with van der Waals surface area (Å²) in [5, 5.41) is 3.00. The Morgan fingerprint density at radius 3 is 1.82 bits per heavy atom. The second-order valence-corrected chi connectivity index (χ2v) is 15.3. The molecule has 5 nitrogen and oxygen atoms in total. The molecule has 0 bridgehead atoms. The van der Waals surface area contributed by atoms with Crippen LogP contribution in [0.2, 0.25) is 0 Å². The third-order valence-corrected chi connectivity index (χ3v) is 10.8. The molecule has 0 aromatic rings. The molecule has 1 aliphatic heterocycles. The van der Waals surface area contributed by atoms with Gasteiger partial charge < -0.3 is 19.5 Å². The highest BCUT2D eigenvalue weighted by Crippen LogP contribution is 2.28. The van der Waals surface area contributed by atoms with Crippen molar-refractivity contribution in [3.8, 4) is 0 Å². The maximum atomic E-state index is 12.0. The number of ether oxygens (including phenoxy) is 3. The van der Waals surface area contributed by atoms with Crippen molar-refractivity contribution >= 4 is 27.5 Å². The van der Waals surface area contributed by atoms with Gasteiger partial charge in [-0.3, -0.25) is 4.79 Å². The smallest absolute Gasteiger partial charge is 0.220 e. The highest BCUT2D eigenvalue weighted by Gasteiger charge is 2.30. The highest BCUT2D eigenvalue weighted by molar-refractivity contribution is 8.76. The summed E-state index contributed by atoms with van der Waals surface area (Å²) in [5.74, 6) is 3.35. The van der Waals surface area contributed by atoms with Crippen LogP contribution < -0.4 is 5.32 Å². The Balaban J connectivity index is 0.00000201. The molecule has 44 heavy (non-hydrogen) atoms. The number of carbonyl (C=O) groups is 1. The molecule has 264 valence electrons. The summed E-state index contributed by atoms with van der Waals surface area (Å²) in [5.41, 5.74) is 0. The maximum Gasteiger partial charge on any atom is 0.220 e. The van der Waals surface area contributed by atoms with E-state index in [9.17, 15) is 4.79 Å². The van der Waals surface area contributed by atoms with Crippen LogP contribution in [0.15, 0.2) is 0 Å². The van der Waals surface area contributed by atoms with E-state index in [1.807, 2.05) is 49.3 Å². The first-order valence-corrected chi connectivity index (χ1v) is 21.4. The molecular weight excluding hydrogens is 587 g/mol. The first-order chi connectivity index (χ1) is 21.6.